The van der Waals surface area contributed by atoms with Crippen LogP contribution in [0.2, 0.25) is 0 Å². The quantitative estimate of drug-likeness (QED) is 0.602. The van der Waals surface area contributed by atoms with Gasteiger partial charge in [-0.05, 0) is 38.1 Å². The molecule has 1 aliphatic rings. The van der Waals surface area contributed by atoms with E-state index in [1.807, 2.05) is 12.1 Å². The van der Waals surface area contributed by atoms with Crippen LogP contribution >= 0.6 is 0 Å². The van der Waals surface area contributed by atoms with E-state index in [9.17, 15) is 0 Å². The Morgan fingerprint density at radius 3 is 2.50 bits per heavy atom. The molecular formula is C14H25N3O. The third-order valence-electron chi connectivity index (χ3n) is 4.39. The van der Waals surface area contributed by atoms with Gasteiger partial charge in [0.15, 0.2) is 0 Å². The second-order valence-corrected chi connectivity index (χ2v) is 5.10. The van der Waals surface area contributed by atoms with Crippen LogP contribution in [0.25, 0.3) is 0 Å². The Bertz CT molecular complexity index is 340. The first-order chi connectivity index (χ1) is 8.78. The number of hydrogen-bond acceptors (Lipinski definition) is 4. The topological polar surface area (TPSA) is 54.4 Å². The number of nitrogens with one attached hydrogen (secondary N) is 1. The van der Waals surface area contributed by atoms with Crippen molar-refractivity contribution in [2.24, 2.45) is 5.84 Å². The van der Waals surface area contributed by atoms with Gasteiger partial charge < -0.3 is 4.42 Å². The molecule has 1 unspecified atom stereocenters. The van der Waals surface area contributed by atoms with E-state index in [1.54, 1.807) is 6.26 Å². The van der Waals surface area contributed by atoms with Crippen molar-refractivity contribution in [3.05, 3.63) is 24.2 Å². The Morgan fingerprint density at radius 1 is 1.39 bits per heavy atom. The Hall–Kier alpha value is -0.840. The third kappa shape index (κ3) is 2.20. The van der Waals surface area contributed by atoms with Gasteiger partial charge in [-0.3, -0.25) is 10.7 Å². The maximum Gasteiger partial charge on any atom is 0.123 e. The molecule has 1 heterocycles. The number of nitrogens with two attached hydrogens (primary N) is 1. The predicted octanol–water partition coefficient (Wildman–Crippen LogP) is 2.44. The fourth-order valence-corrected chi connectivity index (χ4v) is 3.59. The summed E-state index contributed by atoms with van der Waals surface area (Å²) in [5.41, 5.74) is 3.11. The summed E-state index contributed by atoms with van der Waals surface area (Å²) in [6.07, 6.45) is 6.64. The van der Waals surface area contributed by atoms with Crippen LogP contribution in [-0.2, 0) is 0 Å². The van der Waals surface area contributed by atoms with Gasteiger partial charge in [0.25, 0.3) is 0 Å². The number of hydrazine groups is 1. The highest BCUT2D eigenvalue weighted by molar-refractivity contribution is 5.15. The Morgan fingerprint density at radius 2 is 2.06 bits per heavy atom. The molecule has 0 amide bonds. The summed E-state index contributed by atoms with van der Waals surface area (Å²) in [4.78, 5) is 2.53. The first kappa shape index (κ1) is 13.6. The minimum absolute atomic E-state index is 0.0786. The van der Waals surface area contributed by atoms with Crippen LogP contribution in [-0.4, -0.2) is 23.5 Å². The van der Waals surface area contributed by atoms with Crippen LogP contribution in [0, 0.1) is 0 Å². The summed E-state index contributed by atoms with van der Waals surface area (Å²) >= 11 is 0. The van der Waals surface area contributed by atoms with Crippen LogP contribution in [0.3, 0.4) is 0 Å². The highest BCUT2D eigenvalue weighted by atomic mass is 16.3. The van der Waals surface area contributed by atoms with Crippen molar-refractivity contribution in [2.45, 2.75) is 51.1 Å². The second kappa shape index (κ2) is 5.87. The zero-order valence-electron chi connectivity index (χ0n) is 11.5. The molecule has 1 aliphatic carbocycles. The van der Waals surface area contributed by atoms with Crippen molar-refractivity contribution in [1.29, 1.82) is 0 Å². The number of likely N-dealkylation sites (N-methyl/N-ethyl adjacent to an activating group) is 1. The summed E-state index contributed by atoms with van der Waals surface area (Å²) in [5.74, 6) is 6.79. The lowest BCUT2D eigenvalue weighted by molar-refractivity contribution is 0.0543. The van der Waals surface area contributed by atoms with Gasteiger partial charge in [-0.25, -0.2) is 5.43 Å². The lowest BCUT2D eigenvalue weighted by atomic mass is 9.84. The molecule has 0 spiro atoms. The largest absolute Gasteiger partial charge is 0.468 e. The Balaban J connectivity index is 2.33. The van der Waals surface area contributed by atoms with Gasteiger partial charge in [-0.2, -0.15) is 0 Å². The van der Waals surface area contributed by atoms with Gasteiger partial charge in [0, 0.05) is 5.54 Å². The summed E-state index contributed by atoms with van der Waals surface area (Å²) in [5, 5.41) is 0. The van der Waals surface area contributed by atoms with E-state index in [2.05, 4.69) is 24.2 Å². The second-order valence-electron chi connectivity index (χ2n) is 5.10. The molecule has 18 heavy (non-hydrogen) atoms. The number of furan rings is 1. The molecule has 1 aromatic rings. The monoisotopic (exact) mass is 251 g/mol. The van der Waals surface area contributed by atoms with E-state index in [1.165, 1.54) is 25.7 Å². The first-order valence-electron chi connectivity index (χ1n) is 7.03. The zero-order chi connectivity index (χ0) is 13.0. The highest BCUT2D eigenvalue weighted by Gasteiger charge is 2.46. The molecule has 1 fully saturated rings. The van der Waals surface area contributed by atoms with Crippen LogP contribution in [0.15, 0.2) is 22.8 Å². The fourth-order valence-electron chi connectivity index (χ4n) is 3.59. The molecule has 4 heteroatoms. The van der Waals surface area contributed by atoms with E-state index in [4.69, 9.17) is 10.3 Å². The molecule has 3 N–H and O–H groups in total. The molecule has 2 rings (SSSR count). The summed E-state index contributed by atoms with van der Waals surface area (Å²) < 4.78 is 5.59. The first-order valence-corrected chi connectivity index (χ1v) is 7.03. The van der Waals surface area contributed by atoms with Crippen molar-refractivity contribution >= 4 is 0 Å². The molecule has 0 bridgehead atoms. The summed E-state index contributed by atoms with van der Waals surface area (Å²) in [6.45, 7) is 6.54. The van der Waals surface area contributed by atoms with E-state index in [0.29, 0.717) is 0 Å². The van der Waals surface area contributed by atoms with Gasteiger partial charge in [-0.15, -0.1) is 0 Å². The molecule has 1 atom stereocenters. The van der Waals surface area contributed by atoms with Crippen molar-refractivity contribution in [3.8, 4) is 0 Å². The standard InChI is InChI=1S/C14H25N3O/c1-3-17(4-2)14(9-5-6-10-14)13(16-15)12-8-7-11-18-12/h7-8,11,13,16H,3-6,9-10,15H2,1-2H3. The highest BCUT2D eigenvalue weighted by Crippen LogP contribution is 2.44. The van der Waals surface area contributed by atoms with E-state index in [0.717, 1.165) is 18.8 Å². The number of nitrogens with zero attached hydrogens (tertiary/aromatic N) is 1. The van der Waals surface area contributed by atoms with Crippen LogP contribution in [0.5, 0.6) is 0 Å². The summed E-state index contributed by atoms with van der Waals surface area (Å²) in [6, 6.07) is 4.04. The SMILES string of the molecule is CCN(CC)C1(C(NN)c2ccco2)CCCC1. The molecule has 4 nitrogen and oxygen atoms in total. The van der Waals surface area contributed by atoms with Gasteiger partial charge in [0.05, 0.1) is 12.3 Å². The predicted molar refractivity (Wildman–Crippen MR) is 72.9 cm³/mol. The summed E-state index contributed by atoms with van der Waals surface area (Å²) in [7, 11) is 0. The zero-order valence-corrected chi connectivity index (χ0v) is 11.5. The molecular weight excluding hydrogens is 226 g/mol. The van der Waals surface area contributed by atoms with E-state index < -0.39 is 0 Å². The van der Waals surface area contributed by atoms with Gasteiger partial charge in [0.2, 0.25) is 0 Å². The minimum Gasteiger partial charge on any atom is -0.468 e. The molecule has 0 saturated heterocycles. The lowest BCUT2D eigenvalue weighted by Crippen LogP contribution is -2.56. The number of rotatable bonds is 6. The maximum absolute atomic E-state index is 5.84. The number of hydrogen-bond donors (Lipinski definition) is 2. The van der Waals surface area contributed by atoms with Crippen molar-refractivity contribution < 1.29 is 4.42 Å². The molecule has 1 saturated carbocycles. The Kier molecular flexibility index (Phi) is 4.43. The van der Waals surface area contributed by atoms with Gasteiger partial charge in [0.1, 0.15) is 5.76 Å². The molecule has 102 valence electrons. The van der Waals surface area contributed by atoms with Crippen molar-refractivity contribution in [1.82, 2.24) is 10.3 Å². The van der Waals surface area contributed by atoms with Crippen LogP contribution in [0.1, 0.15) is 51.3 Å². The van der Waals surface area contributed by atoms with Crippen LogP contribution in [0.4, 0.5) is 0 Å². The van der Waals surface area contributed by atoms with Crippen LogP contribution < -0.4 is 11.3 Å². The van der Waals surface area contributed by atoms with E-state index in [-0.39, 0.29) is 11.6 Å². The lowest BCUT2D eigenvalue weighted by Gasteiger charge is -2.45. The average Bonchev–Trinajstić information content (AvgIpc) is 3.04. The van der Waals surface area contributed by atoms with Gasteiger partial charge in [-0.1, -0.05) is 26.7 Å². The van der Waals surface area contributed by atoms with Crippen molar-refractivity contribution in [3.63, 3.8) is 0 Å². The molecule has 1 aromatic heterocycles. The fraction of sp³-hybridized carbons (Fsp3) is 0.714. The maximum atomic E-state index is 5.84. The minimum atomic E-state index is 0.0786. The average molecular weight is 251 g/mol. The molecule has 0 radical (unpaired) electrons. The molecule has 0 aliphatic heterocycles. The van der Waals surface area contributed by atoms with Gasteiger partial charge >= 0.3 is 0 Å². The van der Waals surface area contributed by atoms with E-state index >= 15 is 0 Å². The third-order valence-corrected chi connectivity index (χ3v) is 4.39. The Labute approximate surface area is 109 Å². The van der Waals surface area contributed by atoms with Crippen molar-refractivity contribution in [2.75, 3.05) is 13.1 Å². The smallest absolute Gasteiger partial charge is 0.123 e. The normalized spacial score (nSPS) is 20.4. The molecule has 0 aromatic carbocycles.